The van der Waals surface area contributed by atoms with Crippen molar-refractivity contribution in [2.75, 3.05) is 6.54 Å². The van der Waals surface area contributed by atoms with Crippen molar-refractivity contribution >= 4 is 11.7 Å². The van der Waals surface area contributed by atoms with Crippen LogP contribution in [0.4, 0.5) is 0 Å². The molecule has 0 aliphatic carbocycles. The largest absolute Gasteiger partial charge is 0.477 e. The highest BCUT2D eigenvalue weighted by atomic mass is 16.4. The quantitative estimate of drug-likeness (QED) is 0.491. The summed E-state index contributed by atoms with van der Waals surface area (Å²) in [6.07, 6.45) is 1.36. The summed E-state index contributed by atoms with van der Waals surface area (Å²) >= 11 is 0. The van der Waals surface area contributed by atoms with Gasteiger partial charge in [0.2, 0.25) is 0 Å². The Balaban J connectivity index is 2.75. The minimum absolute atomic E-state index is 0.0486. The molecule has 0 aromatic rings. The summed E-state index contributed by atoms with van der Waals surface area (Å²) in [5.74, 6) is -1.02. The van der Waals surface area contributed by atoms with Gasteiger partial charge in [-0.25, -0.2) is 4.79 Å². The monoisotopic (exact) mass is 126 g/mol. The molecule has 0 aromatic carbocycles. The van der Waals surface area contributed by atoms with Crippen LogP contribution >= 0.6 is 0 Å². The maximum Gasteiger partial charge on any atom is 0.354 e. The molecule has 0 radical (unpaired) electrons. The van der Waals surface area contributed by atoms with Crippen molar-refractivity contribution in [3.8, 4) is 0 Å². The molecule has 0 aromatic heterocycles. The van der Waals surface area contributed by atoms with Crippen LogP contribution in [0.3, 0.4) is 0 Å². The Kier molecular flexibility index (Phi) is 1.22. The molecule has 0 atom stereocenters. The molecular weight excluding hydrogens is 120 g/mol. The number of aliphatic imine (C=N–C) groups is 1. The highest BCUT2D eigenvalue weighted by molar-refractivity contribution is 6.41. The van der Waals surface area contributed by atoms with Crippen LogP contribution < -0.4 is 5.73 Å². The van der Waals surface area contributed by atoms with Crippen molar-refractivity contribution in [2.24, 2.45) is 10.7 Å². The fourth-order valence-electron chi connectivity index (χ4n) is 0.573. The molecule has 0 saturated heterocycles. The van der Waals surface area contributed by atoms with Crippen LogP contribution in [0.15, 0.2) is 16.8 Å². The van der Waals surface area contributed by atoms with Crippen LogP contribution in [-0.2, 0) is 4.79 Å². The second-order valence-electron chi connectivity index (χ2n) is 1.73. The fourth-order valence-corrected chi connectivity index (χ4v) is 0.573. The van der Waals surface area contributed by atoms with Gasteiger partial charge in [-0.15, -0.1) is 0 Å². The number of aliphatic carboxylic acids is 1. The number of carboxylic acid groups (broad SMARTS) is 1. The summed E-state index contributed by atoms with van der Waals surface area (Å²) in [5, 5.41) is 8.30. The van der Waals surface area contributed by atoms with E-state index in [9.17, 15) is 4.79 Å². The third-order valence-electron chi connectivity index (χ3n) is 0.973. The van der Waals surface area contributed by atoms with Crippen molar-refractivity contribution in [1.29, 1.82) is 0 Å². The van der Waals surface area contributed by atoms with E-state index < -0.39 is 5.97 Å². The lowest BCUT2D eigenvalue weighted by Crippen LogP contribution is -2.07. The fraction of sp³-hybridized carbons (Fsp3) is 0.200. The zero-order chi connectivity index (χ0) is 6.85. The minimum atomic E-state index is -1.02. The van der Waals surface area contributed by atoms with Gasteiger partial charge in [0.25, 0.3) is 0 Å². The van der Waals surface area contributed by atoms with Crippen molar-refractivity contribution in [3.63, 3.8) is 0 Å². The lowest BCUT2D eigenvalue weighted by Gasteiger charge is -1.81. The minimum Gasteiger partial charge on any atom is -0.477 e. The number of hydrogen-bond donors (Lipinski definition) is 2. The molecule has 1 rings (SSSR count). The normalized spacial score (nSPS) is 16.9. The van der Waals surface area contributed by atoms with Gasteiger partial charge in [0.05, 0.1) is 6.54 Å². The molecule has 9 heavy (non-hydrogen) atoms. The molecule has 3 N–H and O–H groups in total. The summed E-state index contributed by atoms with van der Waals surface area (Å²) < 4.78 is 0. The number of nitrogens with two attached hydrogens (primary N) is 1. The van der Waals surface area contributed by atoms with Crippen LogP contribution in [-0.4, -0.2) is 23.3 Å². The molecule has 0 fully saturated rings. The van der Waals surface area contributed by atoms with Crippen LogP contribution in [0.1, 0.15) is 0 Å². The van der Waals surface area contributed by atoms with E-state index in [4.69, 9.17) is 10.8 Å². The van der Waals surface area contributed by atoms with Gasteiger partial charge in [-0.1, -0.05) is 0 Å². The number of rotatable bonds is 1. The van der Waals surface area contributed by atoms with Crippen LogP contribution in [0.2, 0.25) is 0 Å². The van der Waals surface area contributed by atoms with E-state index in [1.165, 1.54) is 6.08 Å². The molecular formula is C5H6N2O2. The Bertz CT molecular complexity index is 205. The molecule has 0 spiro atoms. The standard InChI is InChI=1S/C5H6N2O2/c6-3-1-4(5(8)9)7-2-3/h1H,2,6H2,(H,8,9). The molecule has 1 heterocycles. The zero-order valence-corrected chi connectivity index (χ0v) is 4.66. The van der Waals surface area contributed by atoms with Gasteiger partial charge in [0, 0.05) is 5.70 Å². The Morgan fingerprint density at radius 3 is 2.78 bits per heavy atom. The van der Waals surface area contributed by atoms with Crippen molar-refractivity contribution in [2.45, 2.75) is 0 Å². The average molecular weight is 126 g/mol. The molecule has 0 unspecified atom stereocenters. The predicted octanol–water partition coefficient (Wildman–Crippen LogP) is -0.632. The topological polar surface area (TPSA) is 75.7 Å². The number of nitrogens with zero attached hydrogens (tertiary/aromatic N) is 1. The van der Waals surface area contributed by atoms with Gasteiger partial charge < -0.3 is 10.8 Å². The third kappa shape index (κ3) is 1.07. The van der Waals surface area contributed by atoms with Gasteiger partial charge >= 0.3 is 5.97 Å². The number of carbonyl (C=O) groups is 1. The van der Waals surface area contributed by atoms with Crippen molar-refractivity contribution in [1.82, 2.24) is 0 Å². The third-order valence-corrected chi connectivity index (χ3v) is 0.973. The van der Waals surface area contributed by atoms with E-state index in [0.29, 0.717) is 12.2 Å². The first-order valence-electron chi connectivity index (χ1n) is 2.44. The SMILES string of the molecule is NC1=CC(C(=O)O)=NC1. The van der Waals surface area contributed by atoms with E-state index in [-0.39, 0.29) is 5.71 Å². The van der Waals surface area contributed by atoms with E-state index in [1.807, 2.05) is 0 Å². The Labute approximate surface area is 51.7 Å². The Morgan fingerprint density at radius 1 is 1.89 bits per heavy atom. The van der Waals surface area contributed by atoms with Gasteiger partial charge in [0.15, 0.2) is 0 Å². The molecule has 1 aliphatic rings. The first-order valence-corrected chi connectivity index (χ1v) is 2.44. The van der Waals surface area contributed by atoms with E-state index >= 15 is 0 Å². The Hall–Kier alpha value is -1.32. The first kappa shape index (κ1) is 5.81. The number of hydrogen-bond acceptors (Lipinski definition) is 3. The molecule has 4 nitrogen and oxygen atoms in total. The maximum atomic E-state index is 10.1. The lowest BCUT2D eigenvalue weighted by molar-refractivity contribution is -0.129. The van der Waals surface area contributed by atoms with Crippen LogP contribution in [0.5, 0.6) is 0 Å². The lowest BCUT2D eigenvalue weighted by atomic mass is 10.3. The highest BCUT2D eigenvalue weighted by Gasteiger charge is 2.10. The van der Waals surface area contributed by atoms with Gasteiger partial charge in [-0.05, 0) is 6.08 Å². The molecule has 0 bridgehead atoms. The number of carboxylic acids is 1. The zero-order valence-electron chi connectivity index (χ0n) is 4.66. The summed E-state index contributed by atoms with van der Waals surface area (Å²) in [7, 11) is 0. The van der Waals surface area contributed by atoms with E-state index in [0.717, 1.165) is 0 Å². The summed E-state index contributed by atoms with van der Waals surface area (Å²) in [4.78, 5) is 13.7. The summed E-state index contributed by atoms with van der Waals surface area (Å²) in [6.45, 7) is 0.321. The van der Waals surface area contributed by atoms with E-state index in [2.05, 4.69) is 4.99 Å². The summed E-state index contributed by atoms with van der Waals surface area (Å²) in [6, 6.07) is 0. The van der Waals surface area contributed by atoms with E-state index in [1.54, 1.807) is 0 Å². The molecule has 4 heteroatoms. The smallest absolute Gasteiger partial charge is 0.354 e. The van der Waals surface area contributed by atoms with Crippen molar-refractivity contribution < 1.29 is 9.90 Å². The molecule has 1 aliphatic heterocycles. The Morgan fingerprint density at radius 2 is 2.56 bits per heavy atom. The predicted molar refractivity (Wildman–Crippen MR) is 32.2 cm³/mol. The first-order chi connectivity index (χ1) is 4.20. The molecule has 0 saturated carbocycles. The molecule has 0 amide bonds. The van der Waals surface area contributed by atoms with Gasteiger partial charge in [-0.2, -0.15) is 0 Å². The second-order valence-corrected chi connectivity index (χ2v) is 1.73. The van der Waals surface area contributed by atoms with Crippen LogP contribution in [0.25, 0.3) is 0 Å². The van der Waals surface area contributed by atoms with Crippen molar-refractivity contribution in [3.05, 3.63) is 11.8 Å². The van der Waals surface area contributed by atoms with Crippen LogP contribution in [0, 0.1) is 0 Å². The average Bonchev–Trinajstić information content (AvgIpc) is 2.14. The van der Waals surface area contributed by atoms with Gasteiger partial charge in [0.1, 0.15) is 5.71 Å². The van der Waals surface area contributed by atoms with Gasteiger partial charge in [-0.3, -0.25) is 4.99 Å². The molecule has 48 valence electrons. The summed E-state index contributed by atoms with van der Waals surface area (Å²) in [5.41, 5.74) is 5.80. The maximum absolute atomic E-state index is 10.1. The second kappa shape index (κ2) is 1.89. The highest BCUT2D eigenvalue weighted by Crippen LogP contribution is 1.98.